The molecule has 0 unspecified atom stereocenters. The fourth-order valence-corrected chi connectivity index (χ4v) is 3.47. The highest BCUT2D eigenvalue weighted by Crippen LogP contribution is 2.29. The predicted octanol–water partition coefficient (Wildman–Crippen LogP) is 2.25. The molecule has 1 aliphatic heterocycles. The molecule has 1 aliphatic rings. The molecule has 4 N–H and O–H groups in total. The summed E-state index contributed by atoms with van der Waals surface area (Å²) in [7, 11) is 1.55. The van der Waals surface area contributed by atoms with E-state index in [-0.39, 0.29) is 18.0 Å². The van der Waals surface area contributed by atoms with Crippen LogP contribution in [-0.2, 0) is 0 Å². The number of carbonyl (C=O) groups is 1. The molecular weight excluding hydrogens is 378 g/mol. The summed E-state index contributed by atoms with van der Waals surface area (Å²) in [6.07, 6.45) is 0. The highest BCUT2D eigenvalue weighted by molar-refractivity contribution is 5.95. The molecule has 8 heteroatoms. The number of rotatable bonds is 8. The van der Waals surface area contributed by atoms with Crippen LogP contribution in [0.5, 0.6) is 5.75 Å². The number of hydrogen-bond donors (Lipinski definition) is 4. The Bertz CT molecular complexity index is 836. The predicted molar refractivity (Wildman–Crippen MR) is 107 cm³/mol. The van der Waals surface area contributed by atoms with E-state index in [9.17, 15) is 13.6 Å². The van der Waals surface area contributed by atoms with E-state index in [0.717, 1.165) is 18.7 Å². The van der Waals surface area contributed by atoms with E-state index in [1.807, 2.05) is 13.0 Å². The molecule has 3 rings (SSSR count). The van der Waals surface area contributed by atoms with Crippen LogP contribution in [0.1, 0.15) is 40.4 Å². The zero-order valence-electron chi connectivity index (χ0n) is 16.5. The van der Waals surface area contributed by atoms with Gasteiger partial charge in [-0.3, -0.25) is 15.6 Å². The first-order valence-corrected chi connectivity index (χ1v) is 9.64. The van der Waals surface area contributed by atoms with Crippen molar-refractivity contribution in [1.29, 1.82) is 0 Å². The highest BCUT2D eigenvalue weighted by Gasteiger charge is 2.24. The fourth-order valence-electron chi connectivity index (χ4n) is 3.47. The van der Waals surface area contributed by atoms with Crippen LogP contribution in [0.25, 0.3) is 0 Å². The van der Waals surface area contributed by atoms with Crippen LogP contribution in [0.2, 0.25) is 0 Å². The van der Waals surface area contributed by atoms with Crippen LogP contribution in [0.4, 0.5) is 8.78 Å². The quantitative estimate of drug-likeness (QED) is 0.543. The van der Waals surface area contributed by atoms with E-state index < -0.39 is 23.6 Å². The van der Waals surface area contributed by atoms with Crippen LogP contribution in [-0.4, -0.2) is 39.2 Å². The molecule has 2 aromatic carbocycles. The summed E-state index contributed by atoms with van der Waals surface area (Å²) >= 11 is 0. The topological polar surface area (TPSA) is 74.4 Å². The van der Waals surface area contributed by atoms with Crippen molar-refractivity contribution in [1.82, 2.24) is 21.5 Å². The minimum absolute atomic E-state index is 0.159. The first-order chi connectivity index (χ1) is 14.0. The van der Waals surface area contributed by atoms with Crippen LogP contribution in [0.3, 0.4) is 0 Å². The third-order valence-corrected chi connectivity index (χ3v) is 5.01. The molecule has 0 saturated carbocycles. The molecule has 0 spiro atoms. The molecule has 0 aromatic heterocycles. The Hall–Kier alpha value is -2.55. The molecule has 6 nitrogen and oxygen atoms in total. The zero-order chi connectivity index (χ0) is 20.8. The van der Waals surface area contributed by atoms with E-state index in [1.54, 1.807) is 19.2 Å². The van der Waals surface area contributed by atoms with E-state index >= 15 is 0 Å². The van der Waals surface area contributed by atoms with Gasteiger partial charge in [-0.15, -0.1) is 0 Å². The molecule has 2 aromatic rings. The summed E-state index contributed by atoms with van der Waals surface area (Å²) in [5.74, 6) is -0.975. The first kappa shape index (κ1) is 21.2. The van der Waals surface area contributed by atoms with E-state index in [2.05, 4.69) is 21.5 Å². The van der Waals surface area contributed by atoms with Gasteiger partial charge in [0.25, 0.3) is 5.91 Å². The molecule has 1 heterocycles. The molecule has 0 radical (unpaired) electrons. The lowest BCUT2D eigenvalue weighted by Gasteiger charge is -2.21. The second-order valence-electron chi connectivity index (χ2n) is 6.88. The van der Waals surface area contributed by atoms with Crippen molar-refractivity contribution in [3.8, 4) is 5.75 Å². The van der Waals surface area contributed by atoms with Crippen molar-refractivity contribution in [3.05, 3.63) is 64.7 Å². The number of hydrogen-bond acceptors (Lipinski definition) is 5. The largest absolute Gasteiger partial charge is 0.496 e. The monoisotopic (exact) mass is 404 g/mol. The summed E-state index contributed by atoms with van der Waals surface area (Å²) < 4.78 is 34.0. The first-order valence-electron chi connectivity index (χ1n) is 9.64. The van der Waals surface area contributed by atoms with Gasteiger partial charge in [-0.05, 0) is 36.4 Å². The Morgan fingerprint density at radius 2 is 1.90 bits per heavy atom. The molecule has 1 atom stereocenters. The molecular formula is C21H26F2N4O2. The number of hydrazine groups is 1. The van der Waals surface area contributed by atoms with E-state index in [4.69, 9.17) is 4.74 Å². The van der Waals surface area contributed by atoms with Crippen molar-refractivity contribution in [2.24, 2.45) is 0 Å². The molecule has 1 fully saturated rings. The molecule has 1 amide bonds. The number of ether oxygens (including phenoxy) is 1. The lowest BCUT2D eigenvalue weighted by Crippen LogP contribution is -2.36. The van der Waals surface area contributed by atoms with Crippen molar-refractivity contribution < 1.29 is 18.3 Å². The summed E-state index contributed by atoms with van der Waals surface area (Å²) in [4.78, 5) is 12.9. The minimum Gasteiger partial charge on any atom is -0.496 e. The number of carbonyl (C=O) groups excluding carboxylic acids is 1. The second-order valence-corrected chi connectivity index (χ2v) is 6.88. The van der Waals surface area contributed by atoms with Gasteiger partial charge in [-0.1, -0.05) is 19.1 Å². The van der Waals surface area contributed by atoms with Crippen molar-refractivity contribution in [2.75, 3.05) is 33.3 Å². The van der Waals surface area contributed by atoms with Crippen LogP contribution in [0.15, 0.2) is 36.4 Å². The lowest BCUT2D eigenvalue weighted by atomic mass is 9.97. The van der Waals surface area contributed by atoms with Gasteiger partial charge in [0.15, 0.2) is 0 Å². The summed E-state index contributed by atoms with van der Waals surface area (Å²) in [6, 6.07) is 8.04. The van der Waals surface area contributed by atoms with Gasteiger partial charge in [0, 0.05) is 36.7 Å². The van der Waals surface area contributed by atoms with E-state index in [0.29, 0.717) is 17.9 Å². The van der Waals surface area contributed by atoms with Crippen molar-refractivity contribution >= 4 is 5.91 Å². The standard InChI is InChI=1S/C21H26F2N4O2/c1-3-24-12-18(20-16(22)5-4-6-17(20)23)27-21(28)13-7-8-15(19(9-13)29-2)14-10-25-26-11-14/h4-9,14,18,24-26H,3,10-12H2,1-2H3,(H,27,28)/t18-/m1/s1. The minimum atomic E-state index is -0.849. The molecule has 0 bridgehead atoms. The number of likely N-dealkylation sites (N-methyl/N-ethyl adjacent to an activating group) is 1. The Kier molecular flexibility index (Phi) is 7.13. The maximum Gasteiger partial charge on any atom is 0.251 e. The van der Waals surface area contributed by atoms with Gasteiger partial charge in [0.05, 0.1) is 13.2 Å². The average Bonchev–Trinajstić information content (AvgIpc) is 3.25. The summed E-state index contributed by atoms with van der Waals surface area (Å²) in [5, 5.41) is 5.78. The summed E-state index contributed by atoms with van der Waals surface area (Å²) in [5.41, 5.74) is 7.34. The Balaban J connectivity index is 1.84. The van der Waals surface area contributed by atoms with Crippen LogP contribution >= 0.6 is 0 Å². The van der Waals surface area contributed by atoms with E-state index in [1.165, 1.54) is 18.2 Å². The Morgan fingerprint density at radius 1 is 1.21 bits per heavy atom. The van der Waals surface area contributed by atoms with Crippen molar-refractivity contribution in [3.63, 3.8) is 0 Å². The van der Waals surface area contributed by atoms with Gasteiger partial charge in [0.2, 0.25) is 0 Å². The fraction of sp³-hybridized carbons (Fsp3) is 0.381. The Morgan fingerprint density at radius 3 is 2.52 bits per heavy atom. The highest BCUT2D eigenvalue weighted by atomic mass is 19.1. The van der Waals surface area contributed by atoms with Gasteiger partial charge in [-0.2, -0.15) is 0 Å². The lowest BCUT2D eigenvalue weighted by molar-refractivity contribution is 0.0934. The molecule has 0 aliphatic carbocycles. The van der Waals surface area contributed by atoms with Crippen LogP contribution in [0, 0.1) is 11.6 Å². The third-order valence-electron chi connectivity index (χ3n) is 5.01. The normalized spacial score (nSPS) is 15.3. The number of nitrogens with one attached hydrogen (secondary N) is 4. The number of halogens is 2. The molecule has 1 saturated heterocycles. The SMILES string of the molecule is CCNC[C@@H](NC(=O)c1ccc(C2CNNC2)c(OC)c1)c1c(F)cccc1F. The second kappa shape index (κ2) is 9.78. The number of methoxy groups -OCH3 is 1. The maximum atomic E-state index is 14.3. The van der Waals surface area contributed by atoms with Gasteiger partial charge < -0.3 is 15.4 Å². The Labute approximate surface area is 169 Å². The van der Waals surface area contributed by atoms with Crippen molar-refractivity contribution in [2.45, 2.75) is 18.9 Å². The van der Waals surface area contributed by atoms with Gasteiger partial charge >= 0.3 is 0 Å². The summed E-state index contributed by atoms with van der Waals surface area (Å²) in [6.45, 7) is 4.22. The average molecular weight is 404 g/mol. The van der Waals surface area contributed by atoms with Crippen LogP contribution < -0.4 is 26.2 Å². The van der Waals surface area contributed by atoms with Gasteiger partial charge in [-0.25, -0.2) is 8.78 Å². The van der Waals surface area contributed by atoms with Gasteiger partial charge in [0.1, 0.15) is 17.4 Å². The molecule has 29 heavy (non-hydrogen) atoms. The maximum absolute atomic E-state index is 14.3. The number of amides is 1. The third kappa shape index (κ3) is 4.90. The smallest absolute Gasteiger partial charge is 0.251 e. The molecule has 156 valence electrons. The number of benzene rings is 2. The zero-order valence-corrected chi connectivity index (χ0v) is 16.5.